The minimum Gasteiger partial charge on any atom is -0.393 e. The first-order valence-electron chi connectivity index (χ1n) is 5.45. The first-order chi connectivity index (χ1) is 6.54. The second kappa shape index (κ2) is 7.89. The van der Waals surface area contributed by atoms with Crippen molar-refractivity contribution in [2.45, 2.75) is 45.3 Å². The third-order valence-electron chi connectivity index (χ3n) is 2.31. The quantitative estimate of drug-likeness (QED) is 0.684. The van der Waals surface area contributed by atoms with Crippen molar-refractivity contribution in [1.82, 2.24) is 0 Å². The topological polar surface area (TPSA) is 20.2 Å². The highest BCUT2D eigenvalue weighted by atomic mass is 32.2. The molecule has 2 atom stereocenters. The van der Waals surface area contributed by atoms with E-state index in [9.17, 15) is 5.11 Å². The molecular weight excluding hydrogens is 212 g/mol. The summed E-state index contributed by atoms with van der Waals surface area (Å²) in [7, 11) is 0. The average Bonchev–Trinajstić information content (AvgIpc) is 2.15. The lowest BCUT2D eigenvalue weighted by Crippen LogP contribution is -2.30. The molecule has 0 saturated carbocycles. The van der Waals surface area contributed by atoms with Crippen molar-refractivity contribution >= 4 is 23.5 Å². The second-order valence-corrected chi connectivity index (χ2v) is 7.01. The summed E-state index contributed by atoms with van der Waals surface area (Å²) < 4.78 is 0.544. The molecule has 0 aromatic heterocycles. The molecule has 0 radical (unpaired) electrons. The highest BCUT2D eigenvalue weighted by molar-refractivity contribution is 8.17. The van der Waals surface area contributed by atoms with Gasteiger partial charge in [-0.15, -0.1) is 23.5 Å². The zero-order chi connectivity index (χ0) is 11.1. The molecule has 14 heavy (non-hydrogen) atoms. The molecule has 0 aromatic rings. The van der Waals surface area contributed by atoms with E-state index in [4.69, 9.17) is 0 Å². The summed E-state index contributed by atoms with van der Waals surface area (Å²) in [6, 6.07) is 0. The number of thioether (sulfide) groups is 2. The lowest BCUT2D eigenvalue weighted by molar-refractivity contribution is 0.0791. The fraction of sp³-hybridized carbons (Fsp3) is 1.00. The second-order valence-electron chi connectivity index (χ2n) is 3.87. The monoisotopic (exact) mass is 236 g/mol. The van der Waals surface area contributed by atoms with Crippen molar-refractivity contribution < 1.29 is 5.11 Å². The first-order valence-corrected chi connectivity index (χ1v) is 7.55. The smallest absolute Gasteiger partial charge is 0.0607 e. The van der Waals surface area contributed by atoms with Gasteiger partial charge in [-0.3, -0.25) is 0 Å². The van der Waals surface area contributed by atoms with E-state index in [0.29, 0.717) is 16.4 Å². The van der Waals surface area contributed by atoms with E-state index in [1.165, 1.54) is 0 Å². The maximum absolute atomic E-state index is 9.99. The minimum absolute atomic E-state index is 0.168. The molecule has 1 N–H and O–H groups in total. The van der Waals surface area contributed by atoms with Crippen molar-refractivity contribution in [3.8, 4) is 0 Å². The molecule has 0 aromatic carbocycles. The van der Waals surface area contributed by atoms with Crippen LogP contribution in [-0.4, -0.2) is 27.3 Å². The first kappa shape index (κ1) is 14.7. The summed E-state index contributed by atoms with van der Waals surface area (Å²) in [5.74, 6) is 3.01. The Bertz CT molecular complexity index is 133. The lowest BCUT2D eigenvalue weighted by atomic mass is 9.96. The van der Waals surface area contributed by atoms with E-state index in [0.717, 1.165) is 11.5 Å². The van der Waals surface area contributed by atoms with Gasteiger partial charge in [-0.25, -0.2) is 0 Å². The third kappa shape index (κ3) is 4.94. The Morgan fingerprint density at radius 3 is 1.71 bits per heavy atom. The van der Waals surface area contributed by atoms with Crippen LogP contribution in [0.1, 0.15) is 34.6 Å². The Balaban J connectivity index is 4.18. The van der Waals surface area contributed by atoms with Gasteiger partial charge < -0.3 is 5.11 Å². The predicted molar refractivity (Wildman–Crippen MR) is 70.1 cm³/mol. The van der Waals surface area contributed by atoms with Crippen molar-refractivity contribution in [3.05, 3.63) is 0 Å². The molecule has 0 fully saturated rings. The zero-order valence-corrected chi connectivity index (χ0v) is 11.6. The summed E-state index contributed by atoms with van der Waals surface area (Å²) in [6.45, 7) is 10.7. The zero-order valence-electron chi connectivity index (χ0n) is 9.99. The number of hydrogen-bond donors (Lipinski definition) is 1. The molecule has 0 heterocycles. The van der Waals surface area contributed by atoms with Gasteiger partial charge in [0.15, 0.2) is 0 Å². The number of rotatable bonds is 7. The largest absolute Gasteiger partial charge is 0.393 e. The molecule has 0 aliphatic carbocycles. The van der Waals surface area contributed by atoms with Crippen molar-refractivity contribution in [3.63, 3.8) is 0 Å². The van der Waals surface area contributed by atoms with Crippen LogP contribution in [0.15, 0.2) is 0 Å². The normalized spacial score (nSPS) is 16.3. The van der Waals surface area contributed by atoms with E-state index in [1.54, 1.807) is 0 Å². The molecule has 3 heteroatoms. The maximum Gasteiger partial charge on any atom is 0.0607 e. The van der Waals surface area contributed by atoms with Crippen LogP contribution < -0.4 is 0 Å². The van der Waals surface area contributed by atoms with Crippen molar-refractivity contribution in [1.29, 1.82) is 0 Å². The van der Waals surface area contributed by atoms with Gasteiger partial charge in [0.2, 0.25) is 0 Å². The van der Waals surface area contributed by atoms with Crippen LogP contribution in [0.25, 0.3) is 0 Å². The van der Waals surface area contributed by atoms with E-state index in [1.807, 2.05) is 23.5 Å². The van der Waals surface area contributed by atoms with Gasteiger partial charge in [0.1, 0.15) is 0 Å². The van der Waals surface area contributed by atoms with E-state index in [-0.39, 0.29) is 6.10 Å². The highest BCUT2D eigenvalue weighted by Crippen LogP contribution is 2.33. The van der Waals surface area contributed by atoms with Gasteiger partial charge in [0.25, 0.3) is 0 Å². The summed E-state index contributed by atoms with van der Waals surface area (Å²) in [6.07, 6.45) is -0.168. The van der Waals surface area contributed by atoms with Gasteiger partial charge >= 0.3 is 0 Å². The number of hydrogen-bond acceptors (Lipinski definition) is 3. The summed E-state index contributed by atoms with van der Waals surface area (Å²) >= 11 is 3.92. The third-order valence-corrected chi connectivity index (χ3v) is 5.31. The van der Waals surface area contributed by atoms with Crippen LogP contribution in [0.2, 0.25) is 0 Å². The lowest BCUT2D eigenvalue weighted by Gasteiger charge is -2.29. The molecule has 0 unspecified atom stereocenters. The van der Waals surface area contributed by atoms with Crippen molar-refractivity contribution in [2.75, 3.05) is 11.5 Å². The SMILES string of the molecule is CCSC(SCC)[C@@H](C)[C@@H](O)C(C)C. The summed E-state index contributed by atoms with van der Waals surface area (Å²) in [5.41, 5.74) is 0. The molecule has 0 spiro atoms. The fourth-order valence-corrected chi connectivity index (χ4v) is 4.24. The molecule has 0 rings (SSSR count). The Morgan fingerprint density at radius 2 is 1.43 bits per heavy atom. The van der Waals surface area contributed by atoms with Gasteiger partial charge in [-0.05, 0) is 17.4 Å². The van der Waals surface area contributed by atoms with Crippen LogP contribution in [0.5, 0.6) is 0 Å². The van der Waals surface area contributed by atoms with Gasteiger partial charge in [-0.2, -0.15) is 0 Å². The van der Waals surface area contributed by atoms with Gasteiger partial charge in [-0.1, -0.05) is 34.6 Å². The summed E-state index contributed by atoms with van der Waals surface area (Å²) in [5, 5.41) is 9.99. The van der Waals surface area contributed by atoms with E-state index < -0.39 is 0 Å². The Kier molecular flexibility index (Phi) is 8.26. The Hall–Kier alpha value is 0.660. The van der Waals surface area contributed by atoms with Gasteiger partial charge in [0, 0.05) is 5.92 Å². The van der Waals surface area contributed by atoms with E-state index in [2.05, 4.69) is 34.6 Å². The molecular formula is C11H24OS2. The maximum atomic E-state index is 9.99. The summed E-state index contributed by atoms with van der Waals surface area (Å²) in [4.78, 5) is 0. The molecule has 1 nitrogen and oxygen atoms in total. The predicted octanol–water partition coefficient (Wildman–Crippen LogP) is 3.47. The Labute approximate surface area is 97.4 Å². The molecule has 0 amide bonds. The van der Waals surface area contributed by atoms with Crippen LogP contribution in [0.3, 0.4) is 0 Å². The molecule has 86 valence electrons. The Morgan fingerprint density at radius 1 is 1.00 bits per heavy atom. The highest BCUT2D eigenvalue weighted by Gasteiger charge is 2.26. The number of aliphatic hydroxyl groups excluding tert-OH is 1. The van der Waals surface area contributed by atoms with Crippen molar-refractivity contribution in [2.24, 2.45) is 11.8 Å². The molecule has 0 bridgehead atoms. The number of aliphatic hydroxyl groups is 1. The standard InChI is InChI=1S/C11H24OS2/c1-6-13-11(14-7-2)9(5)10(12)8(3)4/h8-12H,6-7H2,1-5H3/t9-,10-/m0/s1. The fourth-order valence-electron chi connectivity index (χ4n) is 1.45. The van der Waals surface area contributed by atoms with E-state index >= 15 is 0 Å². The van der Waals surface area contributed by atoms with Crippen LogP contribution in [-0.2, 0) is 0 Å². The molecule has 0 aliphatic heterocycles. The van der Waals surface area contributed by atoms with Crippen LogP contribution in [0.4, 0.5) is 0 Å². The van der Waals surface area contributed by atoms with Crippen LogP contribution in [0, 0.1) is 11.8 Å². The average molecular weight is 236 g/mol. The minimum atomic E-state index is -0.168. The van der Waals surface area contributed by atoms with Gasteiger partial charge in [0.05, 0.1) is 10.7 Å². The molecule has 0 saturated heterocycles. The molecule has 0 aliphatic rings. The van der Waals surface area contributed by atoms with Crippen LogP contribution >= 0.6 is 23.5 Å².